The van der Waals surface area contributed by atoms with E-state index in [2.05, 4.69) is 29.6 Å². The molecule has 2 bridgehead atoms. The van der Waals surface area contributed by atoms with Gasteiger partial charge in [-0.15, -0.1) is 11.8 Å². The molecule has 0 radical (unpaired) electrons. The van der Waals surface area contributed by atoms with Crippen molar-refractivity contribution in [1.29, 1.82) is 0 Å². The molecule has 2 saturated carbocycles. The number of thioether (sulfide) groups is 1. The van der Waals surface area contributed by atoms with Gasteiger partial charge in [-0.25, -0.2) is 0 Å². The summed E-state index contributed by atoms with van der Waals surface area (Å²) >= 11 is 1.81. The Hall–Kier alpha value is -0.960. The number of fused-ring (bicyclic) bond motifs is 2. The zero-order valence-corrected chi connectivity index (χ0v) is 12.0. The van der Waals surface area contributed by atoms with Crippen molar-refractivity contribution in [1.82, 2.24) is 5.32 Å². The topological polar surface area (TPSA) is 29.1 Å². The number of benzene rings is 1. The van der Waals surface area contributed by atoms with Gasteiger partial charge >= 0.3 is 0 Å². The molecule has 19 heavy (non-hydrogen) atoms. The molecule has 3 atom stereocenters. The van der Waals surface area contributed by atoms with Gasteiger partial charge in [0.05, 0.1) is 0 Å². The van der Waals surface area contributed by atoms with Crippen molar-refractivity contribution in [2.24, 2.45) is 17.8 Å². The summed E-state index contributed by atoms with van der Waals surface area (Å²) in [5.41, 5.74) is 0. The molecule has 2 fully saturated rings. The second-order valence-corrected chi connectivity index (χ2v) is 6.90. The van der Waals surface area contributed by atoms with Gasteiger partial charge in [0.25, 0.3) is 0 Å². The first-order valence-corrected chi connectivity index (χ1v) is 8.27. The van der Waals surface area contributed by atoms with Crippen LogP contribution in [0.4, 0.5) is 0 Å². The minimum Gasteiger partial charge on any atom is -0.355 e. The van der Waals surface area contributed by atoms with E-state index < -0.39 is 0 Å². The summed E-state index contributed by atoms with van der Waals surface area (Å²) < 4.78 is 0. The van der Waals surface area contributed by atoms with Crippen LogP contribution in [0.15, 0.2) is 35.2 Å². The lowest BCUT2D eigenvalue weighted by atomic mass is 9.88. The second-order valence-electron chi connectivity index (χ2n) is 5.73. The van der Waals surface area contributed by atoms with E-state index in [1.807, 2.05) is 6.07 Å². The molecule has 2 aliphatic carbocycles. The monoisotopic (exact) mass is 275 g/mol. The first kappa shape index (κ1) is 13.0. The average Bonchev–Trinajstić information content (AvgIpc) is 3.07. The Morgan fingerprint density at radius 1 is 1.21 bits per heavy atom. The molecule has 102 valence electrons. The third-order valence-electron chi connectivity index (χ3n) is 4.49. The van der Waals surface area contributed by atoms with Gasteiger partial charge in [0.15, 0.2) is 0 Å². The van der Waals surface area contributed by atoms with Gasteiger partial charge in [-0.1, -0.05) is 24.6 Å². The van der Waals surface area contributed by atoms with E-state index in [9.17, 15) is 4.79 Å². The van der Waals surface area contributed by atoms with E-state index in [0.717, 1.165) is 24.6 Å². The van der Waals surface area contributed by atoms with Crippen LogP contribution in [0.2, 0.25) is 0 Å². The molecule has 0 saturated heterocycles. The molecular formula is C16H21NOS. The Morgan fingerprint density at radius 2 is 2.05 bits per heavy atom. The molecule has 2 aliphatic rings. The van der Waals surface area contributed by atoms with Crippen LogP contribution in [-0.4, -0.2) is 18.2 Å². The minimum atomic E-state index is 0.306. The molecule has 2 nitrogen and oxygen atoms in total. The number of carbonyl (C=O) groups is 1. The fourth-order valence-corrected chi connectivity index (χ4v) is 4.35. The van der Waals surface area contributed by atoms with Gasteiger partial charge in [-0.3, -0.25) is 4.79 Å². The molecule has 0 spiro atoms. The van der Waals surface area contributed by atoms with Gasteiger partial charge < -0.3 is 5.32 Å². The van der Waals surface area contributed by atoms with Crippen LogP contribution < -0.4 is 5.32 Å². The maximum absolute atomic E-state index is 12.1. The number of hydrogen-bond acceptors (Lipinski definition) is 2. The molecule has 0 heterocycles. The Morgan fingerprint density at radius 3 is 2.74 bits per heavy atom. The van der Waals surface area contributed by atoms with Crippen LogP contribution in [0.3, 0.4) is 0 Å². The lowest BCUT2D eigenvalue weighted by Crippen LogP contribution is -2.34. The molecule has 0 aliphatic heterocycles. The molecule has 1 N–H and O–H groups in total. The first-order chi connectivity index (χ1) is 9.33. The smallest absolute Gasteiger partial charge is 0.223 e. The third-order valence-corrected chi connectivity index (χ3v) is 5.50. The lowest BCUT2D eigenvalue weighted by Gasteiger charge is -2.20. The van der Waals surface area contributed by atoms with Gasteiger partial charge in [-0.05, 0) is 43.2 Å². The fourth-order valence-electron chi connectivity index (χ4n) is 3.56. The maximum atomic E-state index is 12.1. The maximum Gasteiger partial charge on any atom is 0.223 e. The Balaban J connectivity index is 1.37. The van der Waals surface area contributed by atoms with E-state index in [1.165, 1.54) is 24.2 Å². The van der Waals surface area contributed by atoms with E-state index in [0.29, 0.717) is 17.7 Å². The molecule has 3 rings (SSSR count). The van der Waals surface area contributed by atoms with Crippen LogP contribution in [0, 0.1) is 17.8 Å². The highest BCUT2D eigenvalue weighted by atomic mass is 32.2. The highest BCUT2D eigenvalue weighted by Gasteiger charge is 2.42. The number of rotatable bonds is 5. The van der Waals surface area contributed by atoms with Crippen molar-refractivity contribution in [2.75, 3.05) is 12.3 Å². The molecular weight excluding hydrogens is 254 g/mol. The molecule has 3 heteroatoms. The molecule has 0 aromatic heterocycles. The second kappa shape index (κ2) is 6.00. The molecule has 0 unspecified atom stereocenters. The summed E-state index contributed by atoms with van der Waals surface area (Å²) in [6.45, 7) is 0.784. The van der Waals surface area contributed by atoms with Crippen molar-refractivity contribution < 1.29 is 4.79 Å². The molecule has 1 aromatic carbocycles. The summed E-state index contributed by atoms with van der Waals surface area (Å²) in [4.78, 5) is 13.4. The van der Waals surface area contributed by atoms with Crippen LogP contribution in [0.25, 0.3) is 0 Å². The third kappa shape index (κ3) is 3.14. The predicted octanol–water partition coefficient (Wildman–Crippen LogP) is 3.33. The highest BCUT2D eigenvalue weighted by Crippen LogP contribution is 2.48. The SMILES string of the molecule is O=C(NCCSc1ccccc1)[C@@H]1C[C@H]2CC[C@H]1C2. The van der Waals surface area contributed by atoms with Gasteiger partial charge in [0, 0.05) is 23.1 Å². The largest absolute Gasteiger partial charge is 0.355 e. The number of hydrogen-bond donors (Lipinski definition) is 1. The minimum absolute atomic E-state index is 0.306. The lowest BCUT2D eigenvalue weighted by molar-refractivity contribution is -0.126. The van der Waals surface area contributed by atoms with Gasteiger partial charge in [-0.2, -0.15) is 0 Å². The van der Waals surface area contributed by atoms with E-state index in [-0.39, 0.29) is 0 Å². The Labute approximate surface area is 119 Å². The highest BCUT2D eigenvalue weighted by molar-refractivity contribution is 7.99. The van der Waals surface area contributed by atoms with Crippen molar-refractivity contribution in [3.8, 4) is 0 Å². The molecule has 1 amide bonds. The number of amides is 1. The summed E-state index contributed by atoms with van der Waals surface area (Å²) in [7, 11) is 0. The number of carbonyl (C=O) groups excluding carboxylic acids is 1. The van der Waals surface area contributed by atoms with Crippen LogP contribution in [0.1, 0.15) is 25.7 Å². The Bertz CT molecular complexity index is 434. The fraction of sp³-hybridized carbons (Fsp3) is 0.562. The van der Waals surface area contributed by atoms with Crippen molar-refractivity contribution >= 4 is 17.7 Å². The standard InChI is InChI=1S/C16H21NOS/c18-16(15-11-12-6-7-13(15)10-12)17-8-9-19-14-4-2-1-3-5-14/h1-5,12-13,15H,6-11H2,(H,17,18)/t12-,13-,15+/m0/s1. The van der Waals surface area contributed by atoms with Crippen LogP contribution >= 0.6 is 11.8 Å². The van der Waals surface area contributed by atoms with E-state index in [1.54, 1.807) is 11.8 Å². The van der Waals surface area contributed by atoms with Crippen molar-refractivity contribution in [2.45, 2.75) is 30.6 Å². The van der Waals surface area contributed by atoms with E-state index >= 15 is 0 Å². The van der Waals surface area contributed by atoms with Crippen molar-refractivity contribution in [3.63, 3.8) is 0 Å². The van der Waals surface area contributed by atoms with Crippen molar-refractivity contribution in [3.05, 3.63) is 30.3 Å². The van der Waals surface area contributed by atoms with Gasteiger partial charge in [0.2, 0.25) is 5.91 Å². The number of nitrogens with one attached hydrogen (secondary N) is 1. The van der Waals surface area contributed by atoms with Gasteiger partial charge in [0.1, 0.15) is 0 Å². The summed E-state index contributed by atoms with van der Waals surface area (Å²) in [5, 5.41) is 3.12. The zero-order chi connectivity index (χ0) is 13.1. The molecule has 1 aromatic rings. The quantitative estimate of drug-likeness (QED) is 0.659. The van der Waals surface area contributed by atoms with E-state index in [4.69, 9.17) is 0 Å². The van der Waals surface area contributed by atoms with Crippen LogP contribution in [-0.2, 0) is 4.79 Å². The summed E-state index contributed by atoms with van der Waals surface area (Å²) in [6.07, 6.45) is 5.08. The summed E-state index contributed by atoms with van der Waals surface area (Å²) in [6, 6.07) is 10.4. The zero-order valence-electron chi connectivity index (χ0n) is 11.2. The van der Waals surface area contributed by atoms with Crippen LogP contribution in [0.5, 0.6) is 0 Å². The predicted molar refractivity (Wildman–Crippen MR) is 79.1 cm³/mol. The average molecular weight is 275 g/mol. The summed E-state index contributed by atoms with van der Waals surface area (Å²) in [5.74, 6) is 3.11. The Kier molecular flexibility index (Phi) is 4.12. The normalized spacial score (nSPS) is 28.5. The first-order valence-electron chi connectivity index (χ1n) is 7.28.